The molecule has 188 valence electrons. The molecule has 1 heterocycles. The van der Waals surface area contributed by atoms with Gasteiger partial charge in [-0.3, -0.25) is 9.89 Å². The molecule has 1 saturated carbocycles. The fourth-order valence-electron chi connectivity index (χ4n) is 5.41. The van der Waals surface area contributed by atoms with Gasteiger partial charge in [0.15, 0.2) is 0 Å². The molecule has 35 heavy (non-hydrogen) atoms. The van der Waals surface area contributed by atoms with Crippen molar-refractivity contribution in [3.63, 3.8) is 0 Å². The minimum atomic E-state index is -0.0455. The van der Waals surface area contributed by atoms with E-state index >= 15 is 0 Å². The van der Waals surface area contributed by atoms with Crippen LogP contribution in [-0.4, -0.2) is 67.5 Å². The van der Waals surface area contributed by atoms with Crippen LogP contribution in [0.5, 0.6) is 0 Å². The predicted molar refractivity (Wildman–Crippen MR) is 144 cm³/mol. The van der Waals surface area contributed by atoms with E-state index in [4.69, 9.17) is 0 Å². The first-order valence-electron chi connectivity index (χ1n) is 13.2. The molecular weight excluding hydrogens is 434 g/mol. The normalized spacial score (nSPS) is 21.5. The number of aliphatic imine (C=N–C) groups is 1. The number of urea groups is 1. The molecule has 1 aliphatic carbocycles. The number of benzene rings is 2. The van der Waals surface area contributed by atoms with E-state index in [-0.39, 0.29) is 6.03 Å². The number of aryl methyl sites for hydroxylation is 1. The Morgan fingerprint density at radius 3 is 2.31 bits per heavy atom. The molecule has 0 radical (unpaired) electrons. The summed E-state index contributed by atoms with van der Waals surface area (Å²) >= 11 is 0. The van der Waals surface area contributed by atoms with Crippen molar-refractivity contribution in [2.75, 3.05) is 39.8 Å². The number of amidine groups is 1. The highest BCUT2D eigenvalue weighted by Crippen LogP contribution is 2.27. The van der Waals surface area contributed by atoms with Crippen molar-refractivity contribution < 1.29 is 4.79 Å². The highest BCUT2D eigenvalue weighted by Gasteiger charge is 2.25. The molecule has 0 unspecified atom stereocenters. The summed E-state index contributed by atoms with van der Waals surface area (Å²) in [6.45, 7) is 8.19. The maximum atomic E-state index is 12.3. The molecule has 0 aromatic heterocycles. The van der Waals surface area contributed by atoms with Crippen LogP contribution >= 0.6 is 0 Å². The van der Waals surface area contributed by atoms with Crippen LogP contribution in [0.2, 0.25) is 0 Å². The lowest BCUT2D eigenvalue weighted by atomic mass is 9.84. The number of piperazine rings is 1. The first kappa shape index (κ1) is 25.2. The molecule has 2 aliphatic rings. The van der Waals surface area contributed by atoms with Crippen molar-refractivity contribution >= 4 is 11.9 Å². The average molecular weight is 476 g/mol. The quantitative estimate of drug-likeness (QED) is 0.460. The van der Waals surface area contributed by atoms with E-state index in [9.17, 15) is 4.79 Å². The summed E-state index contributed by atoms with van der Waals surface area (Å²) in [4.78, 5) is 22.0. The number of carbonyl (C=O) groups excluding carboxylic acids is 1. The van der Waals surface area contributed by atoms with Gasteiger partial charge in [0.1, 0.15) is 5.84 Å². The van der Waals surface area contributed by atoms with Gasteiger partial charge < -0.3 is 15.5 Å². The van der Waals surface area contributed by atoms with Gasteiger partial charge >= 0.3 is 6.03 Å². The lowest BCUT2D eigenvalue weighted by Crippen LogP contribution is -2.49. The molecule has 6 heteroatoms. The zero-order valence-corrected chi connectivity index (χ0v) is 21.4. The second kappa shape index (κ2) is 12.7. The largest absolute Gasteiger partial charge is 0.354 e. The minimum absolute atomic E-state index is 0.0455. The van der Waals surface area contributed by atoms with E-state index in [1.165, 1.54) is 36.9 Å². The summed E-state index contributed by atoms with van der Waals surface area (Å²) in [6.07, 6.45) is 5.86. The molecule has 4 rings (SSSR count). The Morgan fingerprint density at radius 2 is 1.63 bits per heavy atom. The monoisotopic (exact) mass is 475 g/mol. The number of nitrogens with one attached hydrogen (secondary N) is 2. The van der Waals surface area contributed by atoms with Crippen molar-refractivity contribution in [3.8, 4) is 0 Å². The number of carbonyl (C=O) groups is 1. The molecular formula is C29H41N5O. The van der Waals surface area contributed by atoms with Gasteiger partial charge in [-0.25, -0.2) is 4.79 Å². The van der Waals surface area contributed by atoms with Gasteiger partial charge in [0.25, 0.3) is 0 Å². The number of nitrogens with zero attached hydrogens (tertiary/aromatic N) is 3. The number of amides is 2. The third kappa shape index (κ3) is 7.31. The van der Waals surface area contributed by atoms with E-state index in [0.29, 0.717) is 12.6 Å². The first-order valence-corrected chi connectivity index (χ1v) is 13.2. The predicted octanol–water partition coefficient (Wildman–Crippen LogP) is 4.44. The summed E-state index contributed by atoms with van der Waals surface area (Å²) in [6, 6.07) is 18.9. The fraction of sp³-hybridized carbons (Fsp3) is 0.517. The lowest BCUT2D eigenvalue weighted by molar-refractivity contribution is 0.162. The summed E-state index contributed by atoms with van der Waals surface area (Å²) in [5.74, 6) is 1.90. The highest BCUT2D eigenvalue weighted by molar-refractivity contribution is 6.00. The topological polar surface area (TPSA) is 60.0 Å². The number of rotatable bonds is 7. The van der Waals surface area contributed by atoms with E-state index in [0.717, 1.165) is 56.3 Å². The summed E-state index contributed by atoms with van der Waals surface area (Å²) in [5, 5.41) is 6.16. The van der Waals surface area contributed by atoms with E-state index in [1.54, 1.807) is 0 Å². The Morgan fingerprint density at radius 1 is 0.943 bits per heavy atom. The number of hydrogen-bond donors (Lipinski definition) is 2. The van der Waals surface area contributed by atoms with E-state index in [2.05, 4.69) is 56.6 Å². The van der Waals surface area contributed by atoms with Gasteiger partial charge in [-0.05, 0) is 62.6 Å². The molecule has 2 aromatic rings. The molecule has 0 spiro atoms. The number of hydrogen-bond acceptors (Lipinski definition) is 3. The molecule has 2 N–H and O–H groups in total. The van der Waals surface area contributed by atoms with Gasteiger partial charge in [-0.15, -0.1) is 0 Å². The Hall–Kier alpha value is -2.86. The van der Waals surface area contributed by atoms with Crippen molar-refractivity contribution in [3.05, 3.63) is 71.3 Å². The zero-order chi connectivity index (χ0) is 24.5. The Bertz CT molecular complexity index is 960. The van der Waals surface area contributed by atoms with Crippen molar-refractivity contribution in [2.24, 2.45) is 10.9 Å². The zero-order valence-electron chi connectivity index (χ0n) is 21.4. The Balaban J connectivity index is 1.12. The van der Waals surface area contributed by atoms with E-state index in [1.807, 2.05) is 37.4 Å². The van der Waals surface area contributed by atoms with Crippen LogP contribution in [0.25, 0.3) is 0 Å². The molecule has 1 saturated heterocycles. The van der Waals surface area contributed by atoms with Gasteiger partial charge in [0.2, 0.25) is 0 Å². The SMILES string of the molecule is CN=C(c1ccccc1C)N1CCN(CCC2CCC(NC(=O)NCc3ccccc3)CC2)CC1. The molecule has 1 aliphatic heterocycles. The Kier molecular flexibility index (Phi) is 9.18. The summed E-state index contributed by atoms with van der Waals surface area (Å²) in [5.41, 5.74) is 3.66. The minimum Gasteiger partial charge on any atom is -0.354 e. The van der Waals surface area contributed by atoms with Crippen LogP contribution < -0.4 is 10.6 Å². The van der Waals surface area contributed by atoms with Gasteiger partial charge in [-0.1, -0.05) is 54.6 Å². The van der Waals surface area contributed by atoms with Gasteiger partial charge in [-0.2, -0.15) is 0 Å². The maximum absolute atomic E-state index is 12.3. The van der Waals surface area contributed by atoms with Gasteiger partial charge in [0, 0.05) is 51.4 Å². The average Bonchev–Trinajstić information content (AvgIpc) is 2.90. The van der Waals surface area contributed by atoms with Crippen LogP contribution in [0.15, 0.2) is 59.6 Å². The van der Waals surface area contributed by atoms with Crippen molar-refractivity contribution in [1.82, 2.24) is 20.4 Å². The van der Waals surface area contributed by atoms with Crippen LogP contribution in [0.3, 0.4) is 0 Å². The second-order valence-electron chi connectivity index (χ2n) is 10.0. The third-order valence-corrected chi connectivity index (χ3v) is 7.60. The van der Waals surface area contributed by atoms with Crippen LogP contribution in [0, 0.1) is 12.8 Å². The van der Waals surface area contributed by atoms with Crippen LogP contribution in [0.4, 0.5) is 4.79 Å². The third-order valence-electron chi connectivity index (χ3n) is 7.60. The lowest BCUT2D eigenvalue weighted by Gasteiger charge is -2.38. The second-order valence-corrected chi connectivity index (χ2v) is 10.0. The molecule has 6 nitrogen and oxygen atoms in total. The van der Waals surface area contributed by atoms with Crippen LogP contribution in [0.1, 0.15) is 48.8 Å². The van der Waals surface area contributed by atoms with Crippen molar-refractivity contribution in [1.29, 1.82) is 0 Å². The fourth-order valence-corrected chi connectivity index (χ4v) is 5.41. The van der Waals surface area contributed by atoms with Gasteiger partial charge in [0.05, 0.1) is 0 Å². The van der Waals surface area contributed by atoms with E-state index < -0.39 is 0 Å². The molecule has 2 aromatic carbocycles. The smallest absolute Gasteiger partial charge is 0.315 e. The molecule has 2 amide bonds. The highest BCUT2D eigenvalue weighted by atomic mass is 16.2. The molecule has 0 bridgehead atoms. The standard InChI is InChI=1S/C29H41N5O/c1-23-8-6-7-11-27(23)28(30-2)34-20-18-33(19-21-34)17-16-24-12-14-26(15-13-24)32-29(35)31-22-25-9-4-3-5-10-25/h3-11,24,26H,12-22H2,1-2H3,(H2,31,32,35). The molecule has 2 fully saturated rings. The summed E-state index contributed by atoms with van der Waals surface area (Å²) in [7, 11) is 1.91. The first-order chi connectivity index (χ1) is 17.1. The Labute approximate surface area is 210 Å². The summed E-state index contributed by atoms with van der Waals surface area (Å²) < 4.78 is 0. The van der Waals surface area contributed by atoms with Crippen LogP contribution in [-0.2, 0) is 6.54 Å². The molecule has 0 atom stereocenters. The van der Waals surface area contributed by atoms with Crippen molar-refractivity contribution in [2.45, 2.75) is 51.6 Å². The maximum Gasteiger partial charge on any atom is 0.315 e.